The number of aromatic amines is 1. The van der Waals surface area contributed by atoms with Crippen molar-refractivity contribution >= 4 is 57.7 Å². The minimum Gasteiger partial charge on any atom is -0.379 e. The van der Waals surface area contributed by atoms with Crippen LogP contribution < -0.4 is 5.32 Å². The van der Waals surface area contributed by atoms with Crippen molar-refractivity contribution in [3.8, 4) is 0 Å². The third kappa shape index (κ3) is 6.59. The highest BCUT2D eigenvalue weighted by molar-refractivity contribution is 8.01. The Kier molecular flexibility index (Phi) is 9.31. The summed E-state index contributed by atoms with van der Waals surface area (Å²) in [5.41, 5.74) is 2.64. The Morgan fingerprint density at radius 1 is 1.02 bits per heavy atom. The van der Waals surface area contributed by atoms with Crippen LogP contribution in [-0.4, -0.2) is 70.7 Å². The highest BCUT2D eigenvalue weighted by atomic mass is 35.5. The molecule has 2 aliphatic rings. The van der Waals surface area contributed by atoms with E-state index < -0.39 is 10.8 Å². The predicted molar refractivity (Wildman–Crippen MR) is 173 cm³/mol. The van der Waals surface area contributed by atoms with Crippen LogP contribution >= 0.6 is 35.0 Å². The minimum absolute atomic E-state index is 0.0629. The summed E-state index contributed by atoms with van der Waals surface area (Å²) in [6, 6.07) is 22.5. The van der Waals surface area contributed by atoms with Gasteiger partial charge in [0.1, 0.15) is 4.75 Å². The van der Waals surface area contributed by atoms with Crippen molar-refractivity contribution in [2.24, 2.45) is 0 Å². The number of hydrogen-bond donors (Lipinski definition) is 2. The third-order valence-electron chi connectivity index (χ3n) is 8.17. The Balaban J connectivity index is 1.38. The number of fused-ring (bicyclic) bond motifs is 1. The maximum atomic E-state index is 14.5. The van der Waals surface area contributed by atoms with E-state index in [1.165, 1.54) is 11.8 Å². The topological polar surface area (TPSA) is 77.7 Å². The molecule has 4 aromatic rings. The molecule has 7 nitrogen and oxygen atoms in total. The Labute approximate surface area is 265 Å². The van der Waals surface area contributed by atoms with Gasteiger partial charge >= 0.3 is 0 Å². The number of nitrogens with zero attached hydrogens (tertiary/aromatic N) is 2. The van der Waals surface area contributed by atoms with Crippen LogP contribution in [0, 0.1) is 0 Å². The summed E-state index contributed by atoms with van der Waals surface area (Å²) in [5.74, 6) is -0.223. The number of aromatic nitrogens is 1. The number of benzene rings is 3. The highest BCUT2D eigenvalue weighted by Gasteiger charge is 2.58. The number of nitrogens with one attached hydrogen (secondary N) is 2. The third-order valence-corrected chi connectivity index (χ3v) is 10.1. The SMILES string of the molecule is O=C1C[C@@](Sc2ccccc2)(C(=O)NCCCN2CCOCC2)[C@@H](c2c[nH]c3cc(Cl)ccc23)N1Cc1cccc(Cl)c1. The lowest BCUT2D eigenvalue weighted by Crippen LogP contribution is -2.48. The molecule has 2 aliphatic heterocycles. The van der Waals surface area contributed by atoms with E-state index >= 15 is 0 Å². The summed E-state index contributed by atoms with van der Waals surface area (Å²) in [4.78, 5) is 37.0. The zero-order valence-corrected chi connectivity index (χ0v) is 26.1. The van der Waals surface area contributed by atoms with Crippen LogP contribution in [0.2, 0.25) is 10.0 Å². The molecule has 3 aromatic carbocycles. The Bertz CT molecular complexity index is 1590. The average Bonchev–Trinajstić information content (AvgIpc) is 3.53. The molecule has 0 spiro atoms. The van der Waals surface area contributed by atoms with E-state index in [2.05, 4.69) is 15.2 Å². The van der Waals surface area contributed by atoms with E-state index in [-0.39, 0.29) is 18.2 Å². The van der Waals surface area contributed by atoms with E-state index in [0.717, 1.165) is 66.2 Å². The number of rotatable bonds is 10. The second-order valence-corrected chi connectivity index (χ2v) is 13.3. The van der Waals surface area contributed by atoms with Crippen LogP contribution in [0.5, 0.6) is 0 Å². The zero-order chi connectivity index (χ0) is 29.8. The molecule has 3 heterocycles. The molecule has 0 saturated carbocycles. The molecule has 0 unspecified atom stereocenters. The molecule has 2 amide bonds. The molecule has 0 radical (unpaired) electrons. The van der Waals surface area contributed by atoms with Crippen LogP contribution in [0.1, 0.15) is 30.0 Å². The molecule has 2 saturated heterocycles. The molecule has 10 heteroatoms. The minimum atomic E-state index is -1.12. The van der Waals surface area contributed by atoms with Gasteiger partial charge in [0.25, 0.3) is 0 Å². The first-order chi connectivity index (χ1) is 20.9. The van der Waals surface area contributed by atoms with E-state index in [1.54, 1.807) is 0 Å². The maximum Gasteiger partial charge on any atom is 0.239 e. The fourth-order valence-corrected chi connectivity index (χ4v) is 7.94. The van der Waals surface area contributed by atoms with Gasteiger partial charge in [-0.05, 0) is 54.9 Å². The van der Waals surface area contributed by atoms with Gasteiger partial charge in [-0.1, -0.05) is 59.6 Å². The molecule has 1 aromatic heterocycles. The Hall–Kier alpha value is -3.01. The van der Waals surface area contributed by atoms with Gasteiger partial charge in [-0.2, -0.15) is 0 Å². The van der Waals surface area contributed by atoms with Gasteiger partial charge in [-0.15, -0.1) is 11.8 Å². The molecule has 2 atom stereocenters. The van der Waals surface area contributed by atoms with Gasteiger partial charge in [0.2, 0.25) is 11.8 Å². The Morgan fingerprint density at radius 2 is 1.81 bits per heavy atom. The van der Waals surface area contributed by atoms with Crippen LogP contribution in [0.15, 0.2) is 83.9 Å². The number of halogens is 2. The number of amides is 2. The van der Waals surface area contributed by atoms with Gasteiger partial charge in [0.15, 0.2) is 0 Å². The lowest BCUT2D eigenvalue weighted by atomic mass is 9.91. The number of carbonyl (C=O) groups excluding carboxylic acids is 2. The van der Waals surface area contributed by atoms with Crippen molar-refractivity contribution in [3.05, 3.63) is 100 Å². The molecular formula is C33H34Cl2N4O3S. The monoisotopic (exact) mass is 636 g/mol. The summed E-state index contributed by atoms with van der Waals surface area (Å²) in [6.45, 7) is 5.02. The second kappa shape index (κ2) is 13.3. The smallest absolute Gasteiger partial charge is 0.239 e. The van der Waals surface area contributed by atoms with E-state index in [4.69, 9.17) is 27.9 Å². The summed E-state index contributed by atoms with van der Waals surface area (Å²) >= 11 is 14.1. The van der Waals surface area contributed by atoms with Crippen molar-refractivity contribution in [2.75, 3.05) is 39.4 Å². The first kappa shape index (κ1) is 30.0. The van der Waals surface area contributed by atoms with Gasteiger partial charge in [0.05, 0.1) is 25.7 Å². The summed E-state index contributed by atoms with van der Waals surface area (Å²) in [7, 11) is 0. The molecule has 43 heavy (non-hydrogen) atoms. The average molecular weight is 638 g/mol. The molecule has 2 N–H and O–H groups in total. The fourth-order valence-electron chi connectivity index (χ4n) is 6.12. The number of H-pyrrole nitrogens is 1. The van der Waals surface area contributed by atoms with Crippen LogP contribution in [0.3, 0.4) is 0 Å². The first-order valence-corrected chi connectivity index (χ1v) is 16.1. The van der Waals surface area contributed by atoms with Crippen LogP contribution in [0.4, 0.5) is 0 Å². The standard InChI is InChI=1S/C33H34Cl2N4O3S/c34-24-7-4-6-23(18-24)22-39-30(40)20-33(43-26-8-2-1-3-9-26,32(41)36-12-5-13-38-14-16-42-17-15-38)31(39)28-21-37-29-19-25(35)10-11-27(28)29/h1-4,6-11,18-19,21,31,37H,5,12-17,20,22H2,(H,36,41)/t31-,33+/m1/s1. The molecule has 224 valence electrons. The van der Waals surface area contributed by atoms with E-state index in [0.29, 0.717) is 23.1 Å². The number of morpholine rings is 1. The predicted octanol–water partition coefficient (Wildman–Crippen LogP) is 6.32. The van der Waals surface area contributed by atoms with Gasteiger partial charge in [0, 0.05) is 63.8 Å². The molecule has 2 fully saturated rings. The largest absolute Gasteiger partial charge is 0.379 e. The van der Waals surface area contributed by atoms with Crippen molar-refractivity contribution in [1.82, 2.24) is 20.1 Å². The van der Waals surface area contributed by atoms with Gasteiger partial charge in [-0.3, -0.25) is 14.5 Å². The number of thioether (sulfide) groups is 1. The van der Waals surface area contributed by atoms with Crippen molar-refractivity contribution < 1.29 is 14.3 Å². The van der Waals surface area contributed by atoms with Gasteiger partial charge < -0.3 is 19.9 Å². The van der Waals surface area contributed by atoms with Crippen molar-refractivity contribution in [1.29, 1.82) is 0 Å². The first-order valence-electron chi connectivity index (χ1n) is 14.6. The van der Waals surface area contributed by atoms with E-state index in [9.17, 15) is 9.59 Å². The van der Waals surface area contributed by atoms with E-state index in [1.807, 2.05) is 83.9 Å². The lowest BCUT2D eigenvalue weighted by Gasteiger charge is -2.36. The number of ether oxygens (including phenoxy) is 1. The molecule has 0 aliphatic carbocycles. The molecule has 6 rings (SSSR count). The number of likely N-dealkylation sites (tertiary alicyclic amines) is 1. The number of hydrogen-bond acceptors (Lipinski definition) is 5. The fraction of sp³-hybridized carbons (Fsp3) is 0.333. The summed E-state index contributed by atoms with van der Waals surface area (Å²) < 4.78 is 4.35. The van der Waals surface area contributed by atoms with Gasteiger partial charge in [-0.25, -0.2) is 0 Å². The van der Waals surface area contributed by atoms with Crippen molar-refractivity contribution in [3.63, 3.8) is 0 Å². The maximum absolute atomic E-state index is 14.5. The number of carbonyl (C=O) groups is 2. The highest BCUT2D eigenvalue weighted by Crippen LogP contribution is 2.54. The summed E-state index contributed by atoms with van der Waals surface area (Å²) in [5, 5.41) is 5.38. The second-order valence-electron chi connectivity index (χ2n) is 11.0. The lowest BCUT2D eigenvalue weighted by molar-refractivity contribution is -0.129. The normalized spacial score (nSPS) is 21.0. The van der Waals surface area contributed by atoms with Crippen LogP contribution in [0.25, 0.3) is 10.9 Å². The molecule has 0 bridgehead atoms. The Morgan fingerprint density at radius 3 is 2.60 bits per heavy atom. The summed E-state index contributed by atoms with van der Waals surface area (Å²) in [6.07, 6.45) is 2.79. The van der Waals surface area contributed by atoms with Crippen molar-refractivity contribution in [2.45, 2.75) is 35.1 Å². The molecular weight excluding hydrogens is 603 g/mol. The zero-order valence-electron chi connectivity index (χ0n) is 23.7. The van der Waals surface area contributed by atoms with Crippen LogP contribution in [-0.2, 0) is 20.9 Å². The quantitative estimate of drug-likeness (QED) is 0.199.